The van der Waals surface area contributed by atoms with Crippen LogP contribution in [0.25, 0.3) is 0 Å². The van der Waals surface area contributed by atoms with Gasteiger partial charge < -0.3 is 5.32 Å². The Labute approximate surface area is 144 Å². The number of rotatable bonds is 5. The predicted octanol–water partition coefficient (Wildman–Crippen LogP) is 5.21. The number of thiazole rings is 1. The summed E-state index contributed by atoms with van der Waals surface area (Å²) in [6.07, 6.45) is 0.431. The third-order valence-electron chi connectivity index (χ3n) is 2.95. The topological polar surface area (TPSA) is 42.0 Å². The highest BCUT2D eigenvalue weighted by Gasteiger charge is 2.17. The number of para-hydroxylation sites is 1. The molecule has 0 aliphatic rings. The van der Waals surface area contributed by atoms with Gasteiger partial charge in [-0.25, -0.2) is 4.98 Å². The molecule has 0 fully saturated rings. The van der Waals surface area contributed by atoms with E-state index in [0.717, 1.165) is 10.0 Å². The van der Waals surface area contributed by atoms with Crippen LogP contribution in [0.5, 0.6) is 0 Å². The maximum absolute atomic E-state index is 11.9. The number of carbonyl (C=O) groups excluding carboxylic acids is 1. The van der Waals surface area contributed by atoms with Crippen molar-refractivity contribution in [2.24, 2.45) is 0 Å². The van der Waals surface area contributed by atoms with E-state index >= 15 is 0 Å². The molecule has 0 aliphatic heterocycles. The van der Waals surface area contributed by atoms with Crippen LogP contribution in [0, 0.1) is 0 Å². The molecule has 22 heavy (non-hydrogen) atoms. The minimum atomic E-state index is -0.0341. The number of benzene rings is 1. The lowest BCUT2D eigenvalue weighted by Gasteiger charge is -2.14. The van der Waals surface area contributed by atoms with E-state index in [4.69, 9.17) is 11.6 Å². The summed E-state index contributed by atoms with van der Waals surface area (Å²) >= 11 is 9.26. The number of hydrogen-bond donors (Lipinski definition) is 1. The number of hydrogen-bond acceptors (Lipinski definition) is 4. The normalized spacial score (nSPS) is 11.5. The fourth-order valence-electron chi connectivity index (χ4n) is 1.67. The van der Waals surface area contributed by atoms with Crippen LogP contribution in [0.15, 0.2) is 34.0 Å². The molecule has 1 amide bonds. The molecule has 0 aliphatic carbocycles. The van der Waals surface area contributed by atoms with Crippen molar-refractivity contribution < 1.29 is 4.79 Å². The van der Waals surface area contributed by atoms with Crippen LogP contribution in [-0.2, 0) is 10.2 Å². The summed E-state index contributed by atoms with van der Waals surface area (Å²) in [6.45, 7) is 6.44. The van der Waals surface area contributed by atoms with Crippen LogP contribution < -0.4 is 5.32 Å². The molecule has 0 bridgehead atoms. The zero-order chi connectivity index (χ0) is 16.2. The standard InChI is InChI=1S/C16H19ClN2OS2/c1-16(2,3)13-10-22-15(19-13)21-9-8-14(20)18-12-7-5-4-6-11(12)17/h4-7,10H,8-9H2,1-3H3,(H,18,20). The summed E-state index contributed by atoms with van der Waals surface area (Å²) in [5.41, 5.74) is 1.82. The smallest absolute Gasteiger partial charge is 0.225 e. The van der Waals surface area contributed by atoms with E-state index in [1.165, 1.54) is 0 Å². The molecule has 118 valence electrons. The van der Waals surface area contributed by atoms with E-state index in [0.29, 0.717) is 22.9 Å². The van der Waals surface area contributed by atoms with Crippen molar-refractivity contribution in [1.29, 1.82) is 0 Å². The van der Waals surface area contributed by atoms with Gasteiger partial charge in [0.05, 0.1) is 16.4 Å². The maximum atomic E-state index is 11.9. The molecule has 3 nitrogen and oxygen atoms in total. The average Bonchev–Trinajstić information content (AvgIpc) is 2.90. The van der Waals surface area contributed by atoms with Gasteiger partial charge in [-0.15, -0.1) is 11.3 Å². The summed E-state index contributed by atoms with van der Waals surface area (Å²) in [7, 11) is 0. The fraction of sp³-hybridized carbons (Fsp3) is 0.375. The van der Waals surface area contributed by atoms with E-state index in [1.54, 1.807) is 35.2 Å². The van der Waals surface area contributed by atoms with Gasteiger partial charge in [-0.3, -0.25) is 4.79 Å². The number of aromatic nitrogens is 1. The van der Waals surface area contributed by atoms with E-state index in [-0.39, 0.29) is 11.3 Å². The number of amides is 1. The van der Waals surface area contributed by atoms with Crippen LogP contribution in [0.4, 0.5) is 5.69 Å². The van der Waals surface area contributed by atoms with Gasteiger partial charge in [-0.05, 0) is 12.1 Å². The molecule has 0 saturated heterocycles. The Morgan fingerprint density at radius 1 is 1.36 bits per heavy atom. The fourth-order valence-corrected chi connectivity index (χ4v) is 3.92. The Morgan fingerprint density at radius 2 is 2.09 bits per heavy atom. The molecule has 2 aromatic rings. The molecule has 0 saturated carbocycles. The second-order valence-electron chi connectivity index (χ2n) is 5.88. The first kappa shape index (κ1) is 17.3. The first-order valence-electron chi connectivity index (χ1n) is 6.99. The lowest BCUT2D eigenvalue weighted by Crippen LogP contribution is -2.12. The second-order valence-corrected chi connectivity index (χ2v) is 8.48. The van der Waals surface area contributed by atoms with Crippen LogP contribution in [-0.4, -0.2) is 16.6 Å². The van der Waals surface area contributed by atoms with Crippen LogP contribution in [0.2, 0.25) is 5.02 Å². The summed E-state index contributed by atoms with van der Waals surface area (Å²) < 4.78 is 1.01. The molecule has 0 spiro atoms. The maximum Gasteiger partial charge on any atom is 0.225 e. The number of nitrogens with one attached hydrogen (secondary N) is 1. The number of nitrogens with zero attached hydrogens (tertiary/aromatic N) is 1. The number of thioether (sulfide) groups is 1. The molecule has 1 aromatic heterocycles. The summed E-state index contributed by atoms with van der Waals surface area (Å²) in [6, 6.07) is 7.24. The van der Waals surface area contributed by atoms with Crippen LogP contribution in [0.1, 0.15) is 32.9 Å². The van der Waals surface area contributed by atoms with Crippen LogP contribution in [0.3, 0.4) is 0 Å². The second kappa shape index (κ2) is 7.49. The summed E-state index contributed by atoms with van der Waals surface area (Å²) in [4.78, 5) is 16.5. The minimum absolute atomic E-state index is 0.0341. The van der Waals surface area contributed by atoms with Gasteiger partial charge in [0.1, 0.15) is 4.34 Å². The van der Waals surface area contributed by atoms with E-state index < -0.39 is 0 Å². The SMILES string of the molecule is CC(C)(C)c1csc(SCCC(=O)Nc2ccccc2Cl)n1. The van der Waals surface area contributed by atoms with Gasteiger partial charge in [0, 0.05) is 23.0 Å². The Kier molecular flexibility index (Phi) is 5.89. The van der Waals surface area contributed by atoms with E-state index in [2.05, 4.69) is 36.5 Å². The van der Waals surface area contributed by atoms with Crippen molar-refractivity contribution >= 4 is 46.3 Å². The summed E-state index contributed by atoms with van der Waals surface area (Å²) in [5, 5.41) is 5.47. The van der Waals surface area contributed by atoms with Crippen molar-refractivity contribution in [3.05, 3.63) is 40.4 Å². The molecule has 0 atom stereocenters. The van der Waals surface area contributed by atoms with Gasteiger partial charge in [0.2, 0.25) is 5.91 Å². The molecule has 1 heterocycles. The van der Waals surface area contributed by atoms with Crippen LogP contribution >= 0.6 is 34.7 Å². The van der Waals surface area contributed by atoms with Crippen molar-refractivity contribution in [2.75, 3.05) is 11.1 Å². The Hall–Kier alpha value is -1.04. The molecular formula is C16H19ClN2OS2. The number of anilines is 1. The first-order valence-corrected chi connectivity index (χ1v) is 9.24. The molecule has 2 rings (SSSR count). The zero-order valence-electron chi connectivity index (χ0n) is 12.9. The Morgan fingerprint density at radius 3 is 2.73 bits per heavy atom. The third kappa shape index (κ3) is 5.00. The molecule has 6 heteroatoms. The highest BCUT2D eigenvalue weighted by molar-refractivity contribution is 8.01. The van der Waals surface area contributed by atoms with Gasteiger partial charge in [-0.1, -0.05) is 56.3 Å². The van der Waals surface area contributed by atoms with Gasteiger partial charge in [0.15, 0.2) is 0 Å². The minimum Gasteiger partial charge on any atom is -0.325 e. The van der Waals surface area contributed by atoms with Gasteiger partial charge in [-0.2, -0.15) is 0 Å². The Balaban J connectivity index is 1.80. The summed E-state index contributed by atoms with van der Waals surface area (Å²) in [5.74, 6) is 0.668. The largest absolute Gasteiger partial charge is 0.325 e. The quantitative estimate of drug-likeness (QED) is 0.749. The van der Waals surface area contributed by atoms with Gasteiger partial charge in [0.25, 0.3) is 0 Å². The molecule has 1 aromatic carbocycles. The predicted molar refractivity (Wildman–Crippen MR) is 96.2 cm³/mol. The lowest BCUT2D eigenvalue weighted by atomic mass is 9.93. The molecule has 0 unspecified atom stereocenters. The van der Waals surface area contributed by atoms with Gasteiger partial charge >= 0.3 is 0 Å². The van der Waals surface area contributed by atoms with Crippen molar-refractivity contribution in [3.63, 3.8) is 0 Å². The third-order valence-corrected chi connectivity index (χ3v) is 5.31. The number of halogens is 1. The lowest BCUT2D eigenvalue weighted by molar-refractivity contribution is -0.115. The highest BCUT2D eigenvalue weighted by Crippen LogP contribution is 2.29. The first-order chi connectivity index (χ1) is 10.4. The molecule has 0 radical (unpaired) electrons. The number of carbonyl (C=O) groups is 1. The Bertz CT molecular complexity index is 650. The molecule has 1 N–H and O–H groups in total. The van der Waals surface area contributed by atoms with Crippen molar-refractivity contribution in [1.82, 2.24) is 4.98 Å². The highest BCUT2D eigenvalue weighted by atomic mass is 35.5. The monoisotopic (exact) mass is 354 g/mol. The van der Waals surface area contributed by atoms with E-state index in [1.807, 2.05) is 12.1 Å². The zero-order valence-corrected chi connectivity index (χ0v) is 15.2. The van der Waals surface area contributed by atoms with Crippen molar-refractivity contribution in [2.45, 2.75) is 36.9 Å². The average molecular weight is 355 g/mol. The molecular weight excluding hydrogens is 336 g/mol. The van der Waals surface area contributed by atoms with E-state index in [9.17, 15) is 4.79 Å². The van der Waals surface area contributed by atoms with Crippen molar-refractivity contribution in [3.8, 4) is 0 Å².